The minimum Gasteiger partial charge on any atom is -0.495 e. The van der Waals surface area contributed by atoms with Gasteiger partial charge in [0.15, 0.2) is 0 Å². The van der Waals surface area contributed by atoms with Crippen LogP contribution in [0.2, 0.25) is 5.02 Å². The third-order valence-electron chi connectivity index (χ3n) is 3.18. The van der Waals surface area contributed by atoms with E-state index in [1.54, 1.807) is 13.2 Å². The van der Waals surface area contributed by atoms with E-state index in [-0.39, 0.29) is 0 Å². The largest absolute Gasteiger partial charge is 0.495 e. The molecule has 108 valence electrons. The minimum atomic E-state index is 0.554. The summed E-state index contributed by atoms with van der Waals surface area (Å²) in [5.74, 6) is 0.617. The van der Waals surface area contributed by atoms with Crippen molar-refractivity contribution in [2.75, 3.05) is 14.2 Å². The Kier molecular flexibility index (Phi) is 5.21. The molecule has 0 spiro atoms. The lowest BCUT2D eigenvalue weighted by Crippen LogP contribution is -2.17. The molecule has 0 heterocycles. The van der Waals surface area contributed by atoms with Gasteiger partial charge < -0.3 is 4.74 Å². The zero-order chi connectivity index (χ0) is 15.2. The van der Waals surface area contributed by atoms with Crippen molar-refractivity contribution in [3.63, 3.8) is 0 Å². The van der Waals surface area contributed by atoms with Crippen LogP contribution in [0.1, 0.15) is 16.7 Å². The van der Waals surface area contributed by atoms with Crippen molar-refractivity contribution in [3.05, 3.63) is 64.2 Å². The Morgan fingerprint density at radius 1 is 1.14 bits per heavy atom. The fourth-order valence-corrected chi connectivity index (χ4v) is 2.45. The van der Waals surface area contributed by atoms with Crippen LogP contribution in [0.25, 0.3) is 0 Å². The highest BCUT2D eigenvalue weighted by Crippen LogP contribution is 2.20. The third kappa shape index (κ3) is 4.22. The summed E-state index contributed by atoms with van der Waals surface area (Å²) in [6.07, 6.45) is 0. The van der Waals surface area contributed by atoms with Crippen LogP contribution in [-0.2, 0) is 13.1 Å². The Balaban J connectivity index is 2.06. The summed E-state index contributed by atoms with van der Waals surface area (Å²) in [6, 6.07) is 15.6. The summed E-state index contributed by atoms with van der Waals surface area (Å²) in [5, 5.41) is 9.74. The number of halogens is 1. The molecule has 0 aliphatic rings. The molecule has 2 aromatic rings. The van der Waals surface area contributed by atoms with E-state index in [4.69, 9.17) is 21.6 Å². The molecule has 0 saturated carbocycles. The van der Waals surface area contributed by atoms with E-state index in [1.807, 2.05) is 37.4 Å². The van der Waals surface area contributed by atoms with Crippen LogP contribution in [0, 0.1) is 11.3 Å². The predicted molar refractivity (Wildman–Crippen MR) is 84.3 cm³/mol. The van der Waals surface area contributed by atoms with E-state index in [9.17, 15) is 0 Å². The molecule has 0 amide bonds. The molecule has 0 aliphatic heterocycles. The van der Waals surface area contributed by atoms with Crippen molar-refractivity contribution in [1.82, 2.24) is 4.90 Å². The Labute approximate surface area is 130 Å². The van der Waals surface area contributed by atoms with Crippen molar-refractivity contribution in [2.24, 2.45) is 0 Å². The van der Waals surface area contributed by atoms with Crippen LogP contribution >= 0.6 is 11.6 Å². The van der Waals surface area contributed by atoms with Gasteiger partial charge >= 0.3 is 0 Å². The van der Waals surface area contributed by atoms with Crippen LogP contribution in [0.5, 0.6) is 5.75 Å². The molecule has 0 bridgehead atoms. The lowest BCUT2D eigenvalue weighted by molar-refractivity contribution is 0.318. The second-order valence-corrected chi connectivity index (χ2v) is 5.39. The lowest BCUT2D eigenvalue weighted by Gasteiger charge is -2.17. The van der Waals surface area contributed by atoms with Crippen LogP contribution in [0.15, 0.2) is 42.5 Å². The number of hydrogen-bond acceptors (Lipinski definition) is 3. The number of rotatable bonds is 5. The minimum absolute atomic E-state index is 0.554. The van der Waals surface area contributed by atoms with Crippen molar-refractivity contribution in [3.8, 4) is 11.8 Å². The average Bonchev–Trinajstić information content (AvgIpc) is 2.47. The molecule has 0 aromatic heterocycles. The average molecular weight is 301 g/mol. The topological polar surface area (TPSA) is 36.3 Å². The first-order valence-corrected chi connectivity index (χ1v) is 7.00. The first-order chi connectivity index (χ1) is 10.1. The van der Waals surface area contributed by atoms with E-state index in [0.29, 0.717) is 11.3 Å². The normalized spacial score (nSPS) is 10.4. The van der Waals surface area contributed by atoms with Gasteiger partial charge in [0, 0.05) is 18.1 Å². The summed E-state index contributed by atoms with van der Waals surface area (Å²) in [5.41, 5.74) is 2.83. The molecule has 2 rings (SSSR count). The van der Waals surface area contributed by atoms with Gasteiger partial charge in [-0.25, -0.2) is 0 Å². The summed E-state index contributed by atoms with van der Waals surface area (Å²) in [7, 11) is 3.63. The maximum atomic E-state index is 8.99. The third-order valence-corrected chi connectivity index (χ3v) is 3.42. The molecule has 21 heavy (non-hydrogen) atoms. The fourth-order valence-electron chi connectivity index (χ4n) is 2.24. The molecule has 0 radical (unpaired) electrons. The number of nitriles is 1. The van der Waals surface area contributed by atoms with Crippen molar-refractivity contribution < 1.29 is 4.74 Å². The molecule has 2 aromatic carbocycles. The number of methoxy groups -OCH3 is 1. The van der Waals surface area contributed by atoms with Gasteiger partial charge in [-0.3, -0.25) is 4.90 Å². The molecule has 0 aliphatic carbocycles. The van der Waals surface area contributed by atoms with Gasteiger partial charge in [-0.05, 0) is 42.4 Å². The number of nitrogens with zero attached hydrogens (tertiary/aromatic N) is 2. The Morgan fingerprint density at radius 2 is 1.86 bits per heavy atom. The van der Waals surface area contributed by atoms with Crippen LogP contribution < -0.4 is 4.74 Å². The molecule has 0 saturated heterocycles. The van der Waals surface area contributed by atoms with E-state index in [1.165, 1.54) is 5.56 Å². The van der Waals surface area contributed by atoms with Gasteiger partial charge in [0.05, 0.1) is 12.7 Å². The number of hydrogen-bond donors (Lipinski definition) is 0. The van der Waals surface area contributed by atoms with Crippen LogP contribution in [0.3, 0.4) is 0 Å². The molecular formula is C17H17ClN2O. The molecule has 0 fully saturated rings. The summed E-state index contributed by atoms with van der Waals surface area (Å²) in [4.78, 5) is 2.19. The summed E-state index contributed by atoms with van der Waals surface area (Å²) >= 11 is 6.00. The van der Waals surface area contributed by atoms with E-state index < -0.39 is 0 Å². The van der Waals surface area contributed by atoms with Crippen molar-refractivity contribution >= 4 is 11.6 Å². The van der Waals surface area contributed by atoms with Gasteiger partial charge in [-0.2, -0.15) is 5.26 Å². The molecule has 0 unspecified atom stereocenters. The van der Waals surface area contributed by atoms with E-state index in [0.717, 1.165) is 23.7 Å². The van der Waals surface area contributed by atoms with Crippen molar-refractivity contribution in [2.45, 2.75) is 13.1 Å². The standard InChI is InChI=1S/C17H17ClN2O/c1-20(11-13-4-3-5-16(18)8-13)12-14-6-7-15(10-19)17(9-14)21-2/h3-9H,11-12H2,1-2H3. The lowest BCUT2D eigenvalue weighted by atomic mass is 10.1. The maximum absolute atomic E-state index is 8.99. The number of benzene rings is 2. The monoisotopic (exact) mass is 300 g/mol. The second kappa shape index (κ2) is 7.12. The van der Waals surface area contributed by atoms with Gasteiger partial charge in [0.1, 0.15) is 11.8 Å². The molecular weight excluding hydrogens is 284 g/mol. The van der Waals surface area contributed by atoms with Crippen LogP contribution in [-0.4, -0.2) is 19.1 Å². The Morgan fingerprint density at radius 3 is 2.48 bits per heavy atom. The van der Waals surface area contributed by atoms with E-state index >= 15 is 0 Å². The highest BCUT2D eigenvalue weighted by molar-refractivity contribution is 6.30. The second-order valence-electron chi connectivity index (χ2n) is 4.95. The van der Waals surface area contributed by atoms with Gasteiger partial charge in [-0.15, -0.1) is 0 Å². The fraction of sp³-hybridized carbons (Fsp3) is 0.235. The predicted octanol–water partition coefficient (Wildman–Crippen LogP) is 3.85. The van der Waals surface area contributed by atoms with Crippen molar-refractivity contribution in [1.29, 1.82) is 5.26 Å². The molecule has 0 N–H and O–H groups in total. The first kappa shape index (κ1) is 15.4. The quantitative estimate of drug-likeness (QED) is 0.841. The first-order valence-electron chi connectivity index (χ1n) is 6.62. The summed E-state index contributed by atoms with van der Waals surface area (Å²) < 4.78 is 5.23. The molecule has 0 atom stereocenters. The Bertz CT molecular complexity index is 664. The highest BCUT2D eigenvalue weighted by atomic mass is 35.5. The SMILES string of the molecule is COc1cc(CN(C)Cc2cccc(Cl)c2)ccc1C#N. The van der Waals surface area contributed by atoms with E-state index in [2.05, 4.69) is 17.0 Å². The summed E-state index contributed by atoms with van der Waals surface area (Å²) in [6.45, 7) is 1.58. The maximum Gasteiger partial charge on any atom is 0.136 e. The van der Waals surface area contributed by atoms with Crippen LogP contribution in [0.4, 0.5) is 0 Å². The van der Waals surface area contributed by atoms with Gasteiger partial charge in [0.25, 0.3) is 0 Å². The smallest absolute Gasteiger partial charge is 0.136 e. The number of ether oxygens (including phenoxy) is 1. The zero-order valence-corrected chi connectivity index (χ0v) is 12.9. The zero-order valence-electron chi connectivity index (χ0n) is 12.1. The molecule has 4 heteroatoms. The highest BCUT2D eigenvalue weighted by Gasteiger charge is 2.07. The Hall–Kier alpha value is -2.02. The molecule has 3 nitrogen and oxygen atoms in total. The van der Waals surface area contributed by atoms with Gasteiger partial charge in [-0.1, -0.05) is 29.8 Å². The van der Waals surface area contributed by atoms with Gasteiger partial charge in [0.2, 0.25) is 0 Å².